The van der Waals surface area contributed by atoms with Gasteiger partial charge in [0.15, 0.2) is 0 Å². The van der Waals surface area contributed by atoms with Gasteiger partial charge >= 0.3 is 0 Å². The van der Waals surface area contributed by atoms with Gasteiger partial charge in [-0.25, -0.2) is 4.39 Å². The maximum absolute atomic E-state index is 12.8. The third kappa shape index (κ3) is 2.10. The Morgan fingerprint density at radius 1 is 1.31 bits per heavy atom. The highest BCUT2D eigenvalue weighted by Crippen LogP contribution is 2.34. The molecule has 0 saturated carbocycles. The average molecular weight is 221 g/mol. The van der Waals surface area contributed by atoms with E-state index in [4.69, 9.17) is 0 Å². The van der Waals surface area contributed by atoms with Crippen LogP contribution in [0.2, 0.25) is 0 Å². The Hall–Kier alpha value is -1.71. The number of benzene rings is 1. The molecule has 0 radical (unpaired) electrons. The van der Waals surface area contributed by atoms with Crippen molar-refractivity contribution in [3.8, 4) is 0 Å². The van der Waals surface area contributed by atoms with Crippen molar-refractivity contribution in [1.82, 2.24) is 0 Å². The molecular weight excluding hydrogens is 209 g/mol. The molecule has 0 N–H and O–H groups in total. The fourth-order valence-corrected chi connectivity index (χ4v) is 2.10. The summed E-state index contributed by atoms with van der Waals surface area (Å²) in [6, 6.07) is 5.95. The molecule has 0 amide bonds. The molecule has 3 nitrogen and oxygen atoms in total. The Balaban J connectivity index is 2.31. The van der Waals surface area contributed by atoms with E-state index in [0.717, 1.165) is 24.8 Å². The van der Waals surface area contributed by atoms with Crippen molar-refractivity contribution in [3.63, 3.8) is 0 Å². The van der Waals surface area contributed by atoms with Gasteiger partial charge in [0.05, 0.1) is 10.8 Å². The van der Waals surface area contributed by atoms with Crippen LogP contribution < -0.4 is 0 Å². The van der Waals surface area contributed by atoms with E-state index in [-0.39, 0.29) is 22.4 Å². The molecule has 1 aromatic rings. The van der Waals surface area contributed by atoms with Gasteiger partial charge in [-0.3, -0.25) is 10.1 Å². The molecule has 0 fully saturated rings. The van der Waals surface area contributed by atoms with E-state index in [2.05, 4.69) is 0 Å². The average Bonchev–Trinajstić information content (AvgIpc) is 2.30. The van der Waals surface area contributed by atoms with Crippen molar-refractivity contribution in [2.45, 2.75) is 25.2 Å². The maximum atomic E-state index is 12.8. The molecule has 0 heterocycles. The molecule has 1 atom stereocenters. The minimum Gasteiger partial charge on any atom is -0.259 e. The SMILES string of the molecule is O=[N+]([O-])C1=CCCC[C@@H]1c1ccc(F)cc1. The number of nitro groups is 1. The summed E-state index contributed by atoms with van der Waals surface area (Å²) in [6.45, 7) is 0. The second kappa shape index (κ2) is 4.43. The first-order valence-electron chi connectivity index (χ1n) is 5.28. The van der Waals surface area contributed by atoms with E-state index in [0.29, 0.717) is 0 Å². The lowest BCUT2D eigenvalue weighted by molar-refractivity contribution is -0.431. The molecule has 0 aliphatic heterocycles. The molecular formula is C12H12FNO2. The van der Waals surface area contributed by atoms with Crippen LogP contribution in [0, 0.1) is 15.9 Å². The van der Waals surface area contributed by atoms with E-state index < -0.39 is 0 Å². The van der Waals surface area contributed by atoms with Crippen LogP contribution in [0.5, 0.6) is 0 Å². The first-order chi connectivity index (χ1) is 7.68. The third-order valence-corrected chi connectivity index (χ3v) is 2.89. The number of halogens is 1. The highest BCUT2D eigenvalue weighted by atomic mass is 19.1. The van der Waals surface area contributed by atoms with Gasteiger partial charge in [-0.2, -0.15) is 0 Å². The second-order valence-electron chi connectivity index (χ2n) is 3.92. The number of allylic oxidation sites excluding steroid dienone is 2. The zero-order valence-electron chi connectivity index (χ0n) is 8.73. The molecule has 2 rings (SSSR count). The van der Waals surface area contributed by atoms with Gasteiger partial charge in [-0.05, 0) is 43.0 Å². The van der Waals surface area contributed by atoms with Crippen molar-refractivity contribution >= 4 is 0 Å². The molecule has 0 unspecified atom stereocenters. The molecule has 84 valence electrons. The lowest BCUT2D eigenvalue weighted by Gasteiger charge is -2.18. The van der Waals surface area contributed by atoms with Crippen LogP contribution in [-0.4, -0.2) is 4.92 Å². The summed E-state index contributed by atoms with van der Waals surface area (Å²) < 4.78 is 12.8. The largest absolute Gasteiger partial charge is 0.259 e. The summed E-state index contributed by atoms with van der Waals surface area (Å²) in [4.78, 5) is 10.5. The van der Waals surface area contributed by atoms with E-state index in [1.54, 1.807) is 18.2 Å². The van der Waals surface area contributed by atoms with Gasteiger partial charge in [0, 0.05) is 0 Å². The lowest BCUT2D eigenvalue weighted by Crippen LogP contribution is -2.13. The maximum Gasteiger partial charge on any atom is 0.249 e. The van der Waals surface area contributed by atoms with Gasteiger partial charge in [0.25, 0.3) is 0 Å². The highest BCUT2D eigenvalue weighted by Gasteiger charge is 2.28. The monoisotopic (exact) mass is 221 g/mol. The number of hydrogen-bond acceptors (Lipinski definition) is 2. The smallest absolute Gasteiger partial charge is 0.249 e. The van der Waals surface area contributed by atoms with Gasteiger partial charge in [-0.1, -0.05) is 12.1 Å². The quantitative estimate of drug-likeness (QED) is 0.568. The summed E-state index contributed by atoms with van der Waals surface area (Å²) in [6.07, 6.45) is 4.14. The highest BCUT2D eigenvalue weighted by molar-refractivity contribution is 5.27. The summed E-state index contributed by atoms with van der Waals surface area (Å²) in [5.74, 6) is -0.504. The van der Waals surface area contributed by atoms with Crippen molar-refractivity contribution in [2.75, 3.05) is 0 Å². The molecule has 16 heavy (non-hydrogen) atoms. The van der Waals surface area contributed by atoms with E-state index in [1.807, 2.05) is 0 Å². The lowest BCUT2D eigenvalue weighted by atomic mass is 9.86. The van der Waals surface area contributed by atoms with Crippen LogP contribution in [0.25, 0.3) is 0 Å². The fraction of sp³-hybridized carbons (Fsp3) is 0.333. The molecule has 4 heteroatoms. The van der Waals surface area contributed by atoms with Crippen LogP contribution >= 0.6 is 0 Å². The molecule has 1 aliphatic rings. The Morgan fingerprint density at radius 2 is 2.00 bits per heavy atom. The van der Waals surface area contributed by atoms with E-state index in [1.165, 1.54) is 12.1 Å². The van der Waals surface area contributed by atoms with Crippen LogP contribution in [-0.2, 0) is 0 Å². The molecule has 0 spiro atoms. The number of rotatable bonds is 2. The summed E-state index contributed by atoms with van der Waals surface area (Å²) >= 11 is 0. The molecule has 0 bridgehead atoms. The predicted molar refractivity (Wildman–Crippen MR) is 58.1 cm³/mol. The van der Waals surface area contributed by atoms with Crippen LogP contribution in [0.1, 0.15) is 30.7 Å². The Kier molecular flexibility index (Phi) is 2.99. The number of hydrogen-bond donors (Lipinski definition) is 0. The molecule has 0 saturated heterocycles. The summed E-state index contributed by atoms with van der Waals surface area (Å²) in [5, 5.41) is 10.9. The van der Waals surface area contributed by atoms with Crippen molar-refractivity contribution in [3.05, 3.63) is 57.5 Å². The fourth-order valence-electron chi connectivity index (χ4n) is 2.10. The van der Waals surface area contributed by atoms with Gasteiger partial charge < -0.3 is 0 Å². The van der Waals surface area contributed by atoms with Crippen LogP contribution in [0.4, 0.5) is 4.39 Å². The summed E-state index contributed by atoms with van der Waals surface area (Å²) in [7, 11) is 0. The van der Waals surface area contributed by atoms with Crippen LogP contribution in [0.3, 0.4) is 0 Å². The standard InChI is InChI=1S/C12H12FNO2/c13-10-7-5-9(6-8-10)11-3-1-2-4-12(11)14(15)16/h4-8,11H,1-3H2/t11-/m1/s1. The topological polar surface area (TPSA) is 43.1 Å². The Labute approximate surface area is 92.7 Å². The zero-order valence-corrected chi connectivity index (χ0v) is 8.73. The molecule has 1 aliphatic carbocycles. The van der Waals surface area contributed by atoms with Gasteiger partial charge in [-0.15, -0.1) is 0 Å². The normalized spacial score (nSPS) is 20.3. The van der Waals surface area contributed by atoms with E-state index >= 15 is 0 Å². The first kappa shape index (κ1) is 10.8. The van der Waals surface area contributed by atoms with Gasteiger partial charge in [0.1, 0.15) is 5.82 Å². The van der Waals surface area contributed by atoms with Crippen molar-refractivity contribution in [2.24, 2.45) is 0 Å². The Bertz CT molecular complexity index is 425. The zero-order chi connectivity index (χ0) is 11.5. The Morgan fingerprint density at radius 3 is 2.62 bits per heavy atom. The van der Waals surface area contributed by atoms with E-state index in [9.17, 15) is 14.5 Å². The van der Waals surface area contributed by atoms with Gasteiger partial charge in [0.2, 0.25) is 5.70 Å². The predicted octanol–water partition coefficient (Wildman–Crippen LogP) is 3.25. The summed E-state index contributed by atoms with van der Waals surface area (Å²) in [5.41, 5.74) is 1.07. The van der Waals surface area contributed by atoms with Crippen molar-refractivity contribution in [1.29, 1.82) is 0 Å². The first-order valence-corrected chi connectivity index (χ1v) is 5.28. The molecule has 0 aromatic heterocycles. The van der Waals surface area contributed by atoms with Crippen LogP contribution in [0.15, 0.2) is 36.0 Å². The number of nitrogens with zero attached hydrogens (tertiary/aromatic N) is 1. The minimum atomic E-state index is -0.326. The van der Waals surface area contributed by atoms with Crippen molar-refractivity contribution < 1.29 is 9.31 Å². The second-order valence-corrected chi connectivity index (χ2v) is 3.92. The molecule has 1 aromatic carbocycles. The third-order valence-electron chi connectivity index (χ3n) is 2.89. The minimum absolute atomic E-state index is 0.190.